The summed E-state index contributed by atoms with van der Waals surface area (Å²) in [5.41, 5.74) is 0. The topological polar surface area (TPSA) is 40.5 Å². The molecule has 0 atom stereocenters. The molecule has 0 amide bonds. The van der Waals surface area contributed by atoms with E-state index >= 15 is 0 Å². The Morgan fingerprint density at radius 1 is 1.75 bits per heavy atom. The van der Waals surface area contributed by atoms with E-state index < -0.39 is 5.97 Å². The Bertz CT molecular complexity index is 407. The van der Waals surface area contributed by atoms with Crippen molar-refractivity contribution in [2.24, 2.45) is 0 Å². The molecule has 3 nitrogen and oxygen atoms in total. The van der Waals surface area contributed by atoms with Crippen LogP contribution in [0.4, 0.5) is 0 Å². The Labute approximate surface area is 111 Å². The van der Waals surface area contributed by atoms with Crippen LogP contribution in [-0.4, -0.2) is 29.1 Å². The van der Waals surface area contributed by atoms with E-state index in [1.165, 1.54) is 11.3 Å². The molecular formula is C10H9BrClNO2S. The highest BCUT2D eigenvalue weighted by Crippen LogP contribution is 2.32. The molecule has 0 saturated carbocycles. The van der Waals surface area contributed by atoms with Crippen molar-refractivity contribution in [3.63, 3.8) is 0 Å². The number of carboxylic acids is 1. The molecule has 0 spiro atoms. The SMILES string of the molecule is C#CCN(CC(=O)O)Cc1cc(Br)c(Cl)s1. The fourth-order valence-corrected chi connectivity index (χ4v) is 3.01. The van der Waals surface area contributed by atoms with Crippen molar-refractivity contribution in [2.75, 3.05) is 13.1 Å². The number of carbonyl (C=O) groups is 1. The van der Waals surface area contributed by atoms with Gasteiger partial charge in [-0.05, 0) is 22.0 Å². The lowest BCUT2D eigenvalue weighted by Crippen LogP contribution is -2.29. The van der Waals surface area contributed by atoms with Crippen molar-refractivity contribution < 1.29 is 9.90 Å². The van der Waals surface area contributed by atoms with Crippen LogP contribution < -0.4 is 0 Å². The lowest BCUT2D eigenvalue weighted by molar-refractivity contribution is -0.138. The molecule has 0 fully saturated rings. The highest BCUT2D eigenvalue weighted by molar-refractivity contribution is 9.10. The van der Waals surface area contributed by atoms with E-state index in [1.807, 2.05) is 6.07 Å². The first-order chi connectivity index (χ1) is 7.52. The predicted octanol–water partition coefficient (Wildman–Crippen LogP) is 2.68. The fourth-order valence-electron chi connectivity index (χ4n) is 1.18. The van der Waals surface area contributed by atoms with Gasteiger partial charge in [-0.3, -0.25) is 9.69 Å². The summed E-state index contributed by atoms with van der Waals surface area (Å²) in [6.07, 6.45) is 5.18. The minimum Gasteiger partial charge on any atom is -0.480 e. The van der Waals surface area contributed by atoms with Gasteiger partial charge in [0.15, 0.2) is 0 Å². The number of rotatable bonds is 5. The first kappa shape index (κ1) is 13.5. The summed E-state index contributed by atoms with van der Waals surface area (Å²) in [5.74, 6) is 1.55. The number of hydrogen-bond donors (Lipinski definition) is 1. The molecule has 0 aliphatic heterocycles. The highest BCUT2D eigenvalue weighted by atomic mass is 79.9. The smallest absolute Gasteiger partial charge is 0.317 e. The van der Waals surface area contributed by atoms with Crippen LogP contribution in [0, 0.1) is 12.3 Å². The average Bonchev–Trinajstić information content (AvgIpc) is 2.45. The van der Waals surface area contributed by atoms with Crippen LogP contribution in [-0.2, 0) is 11.3 Å². The molecule has 0 bridgehead atoms. The molecule has 0 unspecified atom stereocenters. The highest BCUT2D eigenvalue weighted by Gasteiger charge is 2.12. The first-order valence-corrected chi connectivity index (χ1v) is 6.33. The van der Waals surface area contributed by atoms with Gasteiger partial charge in [0.1, 0.15) is 4.34 Å². The van der Waals surface area contributed by atoms with Gasteiger partial charge in [0.2, 0.25) is 0 Å². The number of carboxylic acid groups (broad SMARTS) is 1. The minimum absolute atomic E-state index is 0.0721. The molecule has 86 valence electrons. The summed E-state index contributed by atoms with van der Waals surface area (Å²) >= 11 is 10.6. The van der Waals surface area contributed by atoms with Gasteiger partial charge in [-0.1, -0.05) is 17.5 Å². The summed E-state index contributed by atoms with van der Waals surface area (Å²) in [4.78, 5) is 13.2. The standard InChI is InChI=1S/C10H9BrClNO2S/c1-2-3-13(6-9(14)15)5-7-4-8(11)10(12)16-7/h1,4H,3,5-6H2,(H,14,15). The molecule has 1 aromatic rings. The summed E-state index contributed by atoms with van der Waals surface area (Å²) < 4.78 is 1.48. The van der Waals surface area contributed by atoms with Crippen molar-refractivity contribution in [3.05, 3.63) is 19.8 Å². The molecule has 0 radical (unpaired) electrons. The average molecular weight is 323 g/mol. The Morgan fingerprint density at radius 2 is 2.44 bits per heavy atom. The van der Waals surface area contributed by atoms with Gasteiger partial charge in [-0.15, -0.1) is 17.8 Å². The summed E-state index contributed by atoms with van der Waals surface area (Å²) in [6.45, 7) is 0.725. The number of hydrogen-bond acceptors (Lipinski definition) is 3. The lowest BCUT2D eigenvalue weighted by Gasteiger charge is -2.15. The minimum atomic E-state index is -0.892. The maximum absolute atomic E-state index is 10.6. The molecule has 1 N–H and O–H groups in total. The third kappa shape index (κ3) is 4.14. The van der Waals surface area contributed by atoms with Gasteiger partial charge in [-0.2, -0.15) is 0 Å². The van der Waals surface area contributed by atoms with Crippen molar-refractivity contribution in [1.82, 2.24) is 4.90 Å². The second-order valence-electron chi connectivity index (χ2n) is 3.08. The van der Waals surface area contributed by atoms with Gasteiger partial charge in [-0.25, -0.2) is 0 Å². The molecule has 0 aromatic carbocycles. The second kappa shape index (κ2) is 6.26. The van der Waals surface area contributed by atoms with Crippen molar-refractivity contribution in [2.45, 2.75) is 6.54 Å². The van der Waals surface area contributed by atoms with Gasteiger partial charge in [0.25, 0.3) is 0 Å². The normalized spacial score (nSPS) is 10.4. The third-order valence-electron chi connectivity index (χ3n) is 1.75. The van der Waals surface area contributed by atoms with E-state index in [0.717, 1.165) is 9.35 Å². The molecule has 1 rings (SSSR count). The second-order valence-corrected chi connectivity index (χ2v) is 5.67. The van der Waals surface area contributed by atoms with Gasteiger partial charge in [0.05, 0.1) is 13.1 Å². The largest absolute Gasteiger partial charge is 0.480 e. The van der Waals surface area contributed by atoms with Crippen molar-refractivity contribution in [1.29, 1.82) is 0 Å². The maximum atomic E-state index is 10.6. The van der Waals surface area contributed by atoms with Gasteiger partial charge >= 0.3 is 5.97 Å². The quantitative estimate of drug-likeness (QED) is 0.847. The van der Waals surface area contributed by atoms with E-state index in [2.05, 4.69) is 21.9 Å². The van der Waals surface area contributed by atoms with Crippen LogP contribution in [0.3, 0.4) is 0 Å². The first-order valence-electron chi connectivity index (χ1n) is 4.34. The zero-order valence-corrected chi connectivity index (χ0v) is 11.4. The van der Waals surface area contributed by atoms with E-state index in [-0.39, 0.29) is 6.54 Å². The van der Waals surface area contributed by atoms with Crippen molar-refractivity contribution in [3.8, 4) is 12.3 Å². The Morgan fingerprint density at radius 3 is 2.88 bits per heavy atom. The van der Waals surface area contributed by atoms with Crippen LogP contribution in [0.1, 0.15) is 4.88 Å². The Hall–Kier alpha value is -0.540. The van der Waals surface area contributed by atoms with Crippen LogP contribution in [0.15, 0.2) is 10.5 Å². The van der Waals surface area contributed by atoms with Crippen LogP contribution in [0.5, 0.6) is 0 Å². The Balaban J connectivity index is 2.68. The molecule has 0 aliphatic rings. The number of halogens is 2. The summed E-state index contributed by atoms with van der Waals surface area (Å²) in [5, 5.41) is 8.71. The van der Waals surface area contributed by atoms with Crippen LogP contribution >= 0.6 is 38.9 Å². The molecule has 6 heteroatoms. The van der Waals surface area contributed by atoms with Gasteiger partial charge < -0.3 is 5.11 Å². The number of thiophene rings is 1. The number of terminal acetylenes is 1. The molecule has 1 aromatic heterocycles. The third-order valence-corrected chi connectivity index (χ3v) is 4.21. The fraction of sp³-hybridized carbons (Fsp3) is 0.300. The van der Waals surface area contributed by atoms with E-state index in [9.17, 15) is 4.79 Å². The predicted molar refractivity (Wildman–Crippen MR) is 68.8 cm³/mol. The van der Waals surface area contributed by atoms with Crippen molar-refractivity contribution >= 4 is 44.8 Å². The van der Waals surface area contributed by atoms with E-state index in [0.29, 0.717) is 17.4 Å². The van der Waals surface area contributed by atoms with E-state index in [1.54, 1.807) is 4.90 Å². The monoisotopic (exact) mass is 321 g/mol. The zero-order chi connectivity index (χ0) is 12.1. The van der Waals surface area contributed by atoms with E-state index in [4.69, 9.17) is 23.1 Å². The van der Waals surface area contributed by atoms with Gasteiger partial charge in [0, 0.05) is 15.9 Å². The molecule has 0 saturated heterocycles. The maximum Gasteiger partial charge on any atom is 0.317 e. The van der Waals surface area contributed by atoms with Crippen LogP contribution in [0.2, 0.25) is 4.34 Å². The molecule has 1 heterocycles. The Kier molecular flexibility index (Phi) is 5.29. The van der Waals surface area contributed by atoms with Crippen LogP contribution in [0.25, 0.3) is 0 Å². The molecular weight excluding hydrogens is 314 g/mol. The zero-order valence-electron chi connectivity index (χ0n) is 8.24. The molecule has 16 heavy (non-hydrogen) atoms. The summed E-state index contributed by atoms with van der Waals surface area (Å²) in [6, 6.07) is 1.87. The lowest BCUT2D eigenvalue weighted by atomic mass is 10.4. The number of aliphatic carboxylic acids is 1. The molecule has 0 aliphatic carbocycles. The summed E-state index contributed by atoms with van der Waals surface area (Å²) in [7, 11) is 0. The number of nitrogens with zero attached hydrogens (tertiary/aromatic N) is 1.